The molecule has 1 heterocycles. The molecular formula is C21H27N3O. The van der Waals surface area contributed by atoms with Crippen LogP contribution in [0.2, 0.25) is 0 Å². The molecular weight excluding hydrogens is 310 g/mol. The van der Waals surface area contributed by atoms with Crippen LogP contribution in [0.3, 0.4) is 0 Å². The van der Waals surface area contributed by atoms with Crippen LogP contribution in [-0.4, -0.2) is 23.5 Å². The van der Waals surface area contributed by atoms with Crippen LogP contribution < -0.4 is 10.6 Å². The maximum Gasteiger partial charge on any atom is 0.270 e. The number of pyridine rings is 1. The van der Waals surface area contributed by atoms with Crippen molar-refractivity contribution in [2.75, 3.05) is 11.9 Å². The number of rotatable bonds is 6. The van der Waals surface area contributed by atoms with Crippen molar-refractivity contribution in [2.24, 2.45) is 0 Å². The molecule has 0 aliphatic heterocycles. The van der Waals surface area contributed by atoms with Crippen LogP contribution in [0, 0.1) is 0 Å². The molecule has 1 aliphatic carbocycles. The average Bonchev–Trinajstić information content (AvgIpc) is 2.91. The highest BCUT2D eigenvalue weighted by Crippen LogP contribution is 2.18. The predicted molar refractivity (Wildman–Crippen MR) is 102 cm³/mol. The molecule has 1 amide bonds. The first-order chi connectivity index (χ1) is 12.3. The van der Waals surface area contributed by atoms with Crippen molar-refractivity contribution in [3.05, 3.63) is 59.9 Å². The molecule has 132 valence electrons. The van der Waals surface area contributed by atoms with Gasteiger partial charge in [0, 0.05) is 24.5 Å². The van der Waals surface area contributed by atoms with Crippen molar-refractivity contribution in [3.63, 3.8) is 0 Å². The van der Waals surface area contributed by atoms with Gasteiger partial charge in [0.15, 0.2) is 0 Å². The molecule has 1 aromatic heterocycles. The van der Waals surface area contributed by atoms with Gasteiger partial charge in [0.2, 0.25) is 0 Å². The number of carbonyl (C=O) groups excluding carboxylic acids is 1. The van der Waals surface area contributed by atoms with Crippen molar-refractivity contribution in [1.82, 2.24) is 10.3 Å². The topological polar surface area (TPSA) is 54.0 Å². The van der Waals surface area contributed by atoms with E-state index in [9.17, 15) is 4.79 Å². The van der Waals surface area contributed by atoms with Crippen LogP contribution in [0.25, 0.3) is 0 Å². The quantitative estimate of drug-likeness (QED) is 0.777. The number of anilines is 1. The molecule has 2 aromatic rings. The highest BCUT2D eigenvalue weighted by Gasteiger charge is 2.16. The third-order valence-electron chi connectivity index (χ3n) is 4.77. The summed E-state index contributed by atoms with van der Waals surface area (Å²) in [5.74, 6) is -0.0568. The van der Waals surface area contributed by atoms with E-state index in [4.69, 9.17) is 0 Å². The monoisotopic (exact) mass is 337 g/mol. The summed E-state index contributed by atoms with van der Waals surface area (Å²) in [4.78, 5) is 16.7. The number of aromatic nitrogens is 1. The van der Waals surface area contributed by atoms with Gasteiger partial charge >= 0.3 is 0 Å². The zero-order valence-corrected chi connectivity index (χ0v) is 14.7. The summed E-state index contributed by atoms with van der Waals surface area (Å²) in [7, 11) is 0. The maximum absolute atomic E-state index is 12.5. The van der Waals surface area contributed by atoms with E-state index in [2.05, 4.69) is 39.9 Å². The van der Waals surface area contributed by atoms with Crippen molar-refractivity contribution in [2.45, 2.75) is 51.0 Å². The molecule has 4 nitrogen and oxygen atoms in total. The Morgan fingerprint density at radius 2 is 1.80 bits per heavy atom. The number of nitrogens with zero attached hydrogens (tertiary/aromatic N) is 1. The smallest absolute Gasteiger partial charge is 0.270 e. The Morgan fingerprint density at radius 3 is 2.56 bits per heavy atom. The Kier molecular flexibility index (Phi) is 6.43. The van der Waals surface area contributed by atoms with Crippen molar-refractivity contribution < 1.29 is 4.79 Å². The maximum atomic E-state index is 12.5. The van der Waals surface area contributed by atoms with Gasteiger partial charge in [-0.3, -0.25) is 9.78 Å². The molecule has 0 saturated heterocycles. The third kappa shape index (κ3) is 5.59. The molecule has 1 fully saturated rings. The van der Waals surface area contributed by atoms with Gasteiger partial charge in [0.05, 0.1) is 0 Å². The fourth-order valence-corrected chi connectivity index (χ4v) is 3.34. The van der Waals surface area contributed by atoms with Gasteiger partial charge in [-0.2, -0.15) is 0 Å². The lowest BCUT2D eigenvalue weighted by atomic mass is 10.1. The minimum Gasteiger partial charge on any atom is -0.385 e. The second-order valence-electron chi connectivity index (χ2n) is 6.75. The summed E-state index contributed by atoms with van der Waals surface area (Å²) in [5.41, 5.74) is 2.74. The van der Waals surface area contributed by atoms with Crippen molar-refractivity contribution >= 4 is 11.6 Å². The zero-order valence-electron chi connectivity index (χ0n) is 14.7. The van der Waals surface area contributed by atoms with Gasteiger partial charge in [-0.25, -0.2) is 0 Å². The van der Waals surface area contributed by atoms with E-state index in [1.807, 2.05) is 18.2 Å². The Balaban J connectivity index is 1.52. The Hall–Kier alpha value is -2.36. The Bertz CT molecular complexity index is 664. The van der Waals surface area contributed by atoms with Crippen LogP contribution in [0.1, 0.15) is 54.6 Å². The molecule has 1 aromatic carbocycles. The second-order valence-corrected chi connectivity index (χ2v) is 6.75. The molecule has 1 aliphatic rings. The van der Waals surface area contributed by atoms with E-state index in [0.717, 1.165) is 31.5 Å². The van der Waals surface area contributed by atoms with Crippen LogP contribution in [0.4, 0.5) is 5.69 Å². The second kappa shape index (κ2) is 9.21. The number of benzene rings is 1. The number of nitrogens with one attached hydrogen (secondary N) is 2. The van der Waals surface area contributed by atoms with Gasteiger partial charge in [0.25, 0.3) is 5.91 Å². The van der Waals surface area contributed by atoms with E-state index in [0.29, 0.717) is 11.7 Å². The molecule has 3 rings (SSSR count). The molecule has 1 saturated carbocycles. The molecule has 2 N–H and O–H groups in total. The first-order valence-electron chi connectivity index (χ1n) is 9.36. The van der Waals surface area contributed by atoms with Gasteiger partial charge in [-0.05, 0) is 37.0 Å². The minimum absolute atomic E-state index is 0.0568. The summed E-state index contributed by atoms with van der Waals surface area (Å²) >= 11 is 0. The fourth-order valence-electron chi connectivity index (χ4n) is 3.34. The van der Waals surface area contributed by atoms with Crippen molar-refractivity contribution in [3.8, 4) is 0 Å². The number of hydrogen-bond donors (Lipinski definition) is 2. The summed E-state index contributed by atoms with van der Waals surface area (Å²) in [6.07, 6.45) is 9.80. The summed E-state index contributed by atoms with van der Waals surface area (Å²) in [6.45, 7) is 0.831. The first-order valence-corrected chi connectivity index (χ1v) is 9.36. The zero-order chi connectivity index (χ0) is 17.3. The largest absolute Gasteiger partial charge is 0.385 e. The molecule has 0 radical (unpaired) electrons. The lowest BCUT2D eigenvalue weighted by Crippen LogP contribution is -2.34. The minimum atomic E-state index is -0.0568. The Morgan fingerprint density at radius 1 is 1.04 bits per heavy atom. The van der Waals surface area contributed by atoms with Crippen LogP contribution in [0.5, 0.6) is 0 Å². The number of hydrogen-bond acceptors (Lipinski definition) is 3. The van der Waals surface area contributed by atoms with Gasteiger partial charge in [-0.1, -0.05) is 56.0 Å². The van der Waals surface area contributed by atoms with Gasteiger partial charge < -0.3 is 10.6 Å². The van der Waals surface area contributed by atoms with Crippen molar-refractivity contribution in [1.29, 1.82) is 0 Å². The highest BCUT2D eigenvalue weighted by molar-refractivity contribution is 5.93. The third-order valence-corrected chi connectivity index (χ3v) is 4.77. The van der Waals surface area contributed by atoms with Crippen LogP contribution >= 0.6 is 0 Å². The number of amides is 1. The van der Waals surface area contributed by atoms with E-state index < -0.39 is 0 Å². The molecule has 25 heavy (non-hydrogen) atoms. The van der Waals surface area contributed by atoms with Crippen LogP contribution in [0.15, 0.2) is 48.7 Å². The Labute approximate surface area is 150 Å². The predicted octanol–water partition coefficient (Wildman–Crippen LogP) is 4.19. The molecule has 0 unspecified atom stereocenters. The normalized spacial score (nSPS) is 15.4. The van der Waals surface area contributed by atoms with Crippen LogP contribution in [-0.2, 0) is 6.42 Å². The van der Waals surface area contributed by atoms with E-state index in [1.165, 1.54) is 31.2 Å². The summed E-state index contributed by atoms with van der Waals surface area (Å²) < 4.78 is 0. The molecule has 4 heteroatoms. The summed E-state index contributed by atoms with van der Waals surface area (Å²) in [5, 5.41) is 6.54. The lowest BCUT2D eigenvalue weighted by molar-refractivity contribution is 0.0928. The molecule has 0 atom stereocenters. The first kappa shape index (κ1) is 17.5. The summed E-state index contributed by atoms with van der Waals surface area (Å²) in [6, 6.07) is 14.4. The number of carbonyl (C=O) groups is 1. The SMILES string of the molecule is O=C(NC1CCCCCC1)c1cc(NCCc2ccccc2)ccn1. The highest BCUT2D eigenvalue weighted by atomic mass is 16.1. The lowest BCUT2D eigenvalue weighted by Gasteiger charge is -2.16. The van der Waals surface area contributed by atoms with E-state index in [1.54, 1.807) is 6.20 Å². The fraction of sp³-hybridized carbons (Fsp3) is 0.429. The standard InChI is InChI=1S/C21H27N3O/c25-21(24-18-10-6-1-2-7-11-18)20-16-19(13-15-23-20)22-14-12-17-8-4-3-5-9-17/h3-5,8-9,13,15-16,18H,1-2,6-7,10-12,14H2,(H,22,23)(H,24,25). The van der Waals surface area contributed by atoms with E-state index in [-0.39, 0.29) is 5.91 Å². The van der Waals surface area contributed by atoms with E-state index >= 15 is 0 Å². The molecule has 0 spiro atoms. The van der Waals surface area contributed by atoms with Gasteiger partial charge in [-0.15, -0.1) is 0 Å². The average molecular weight is 337 g/mol. The van der Waals surface area contributed by atoms with Gasteiger partial charge in [0.1, 0.15) is 5.69 Å². The molecule has 0 bridgehead atoms.